The first kappa shape index (κ1) is 17.7. The van der Waals surface area contributed by atoms with Gasteiger partial charge in [0.25, 0.3) is 0 Å². The lowest BCUT2D eigenvalue weighted by Crippen LogP contribution is -2.68. The van der Waals surface area contributed by atoms with Gasteiger partial charge in [0.2, 0.25) is 5.91 Å². The zero-order chi connectivity index (χ0) is 17.3. The molecule has 2 rings (SSSR count). The first-order valence-electron chi connectivity index (χ1n) is 8.29. The Kier molecular flexibility index (Phi) is 5.00. The highest BCUT2D eigenvalue weighted by atomic mass is 16.5. The predicted octanol–water partition coefficient (Wildman–Crippen LogP) is 4.18. The number of carbonyl (C=O) groups excluding carboxylic acids is 1. The van der Waals surface area contributed by atoms with Crippen LogP contribution in [-0.2, 0) is 16.1 Å². The van der Waals surface area contributed by atoms with Crippen molar-refractivity contribution in [3.8, 4) is 0 Å². The number of amides is 1. The highest BCUT2D eigenvalue weighted by molar-refractivity contribution is 5.75. The number of likely N-dealkylation sites (tertiary alicyclic amines) is 1. The Morgan fingerprint density at radius 2 is 1.91 bits per heavy atom. The van der Waals surface area contributed by atoms with E-state index in [2.05, 4.69) is 46.4 Å². The summed E-state index contributed by atoms with van der Waals surface area (Å²) in [6.07, 6.45) is 2.77. The van der Waals surface area contributed by atoms with Gasteiger partial charge >= 0.3 is 0 Å². The molecule has 0 spiro atoms. The molecule has 1 aromatic rings. The molecule has 0 aromatic heterocycles. The molecule has 3 nitrogen and oxygen atoms in total. The summed E-state index contributed by atoms with van der Waals surface area (Å²) in [4.78, 5) is 14.3. The standard InChI is InChI=1S/C20H29NO2/c1-7-17-13-19(3,4)21(15(2)22)20(5,6)18(17)23-14-16-11-9-8-10-12-16/h7-12,17-18H,1,13-14H2,2-6H3. The van der Waals surface area contributed by atoms with Crippen molar-refractivity contribution in [1.29, 1.82) is 0 Å². The van der Waals surface area contributed by atoms with Gasteiger partial charge in [0.15, 0.2) is 0 Å². The molecule has 1 heterocycles. The van der Waals surface area contributed by atoms with Crippen LogP contribution in [0.1, 0.15) is 46.6 Å². The molecule has 0 aliphatic carbocycles. The lowest BCUT2D eigenvalue weighted by molar-refractivity contribution is -0.175. The fourth-order valence-corrected chi connectivity index (χ4v) is 4.33. The van der Waals surface area contributed by atoms with Crippen LogP contribution in [0.15, 0.2) is 43.0 Å². The summed E-state index contributed by atoms with van der Waals surface area (Å²) in [6.45, 7) is 14.6. The van der Waals surface area contributed by atoms with E-state index >= 15 is 0 Å². The maximum atomic E-state index is 12.3. The van der Waals surface area contributed by atoms with Crippen molar-refractivity contribution in [3.63, 3.8) is 0 Å². The average molecular weight is 315 g/mol. The van der Waals surface area contributed by atoms with E-state index < -0.39 is 0 Å². The van der Waals surface area contributed by atoms with Gasteiger partial charge in [0.1, 0.15) is 0 Å². The fraction of sp³-hybridized carbons (Fsp3) is 0.550. The Morgan fingerprint density at radius 1 is 1.30 bits per heavy atom. The second-order valence-electron chi connectivity index (χ2n) is 7.64. The van der Waals surface area contributed by atoms with Crippen molar-refractivity contribution in [2.75, 3.05) is 0 Å². The first-order valence-corrected chi connectivity index (χ1v) is 8.29. The number of piperidine rings is 1. The second-order valence-corrected chi connectivity index (χ2v) is 7.64. The van der Waals surface area contributed by atoms with Crippen molar-refractivity contribution >= 4 is 5.91 Å². The highest BCUT2D eigenvalue weighted by Crippen LogP contribution is 2.43. The second kappa shape index (κ2) is 6.48. The van der Waals surface area contributed by atoms with Crippen molar-refractivity contribution < 1.29 is 9.53 Å². The van der Waals surface area contributed by atoms with Crippen LogP contribution >= 0.6 is 0 Å². The zero-order valence-electron chi connectivity index (χ0n) is 15.0. The quantitative estimate of drug-likeness (QED) is 0.780. The van der Waals surface area contributed by atoms with E-state index in [1.165, 1.54) is 0 Å². The van der Waals surface area contributed by atoms with Crippen LogP contribution in [0.5, 0.6) is 0 Å². The average Bonchev–Trinajstić information content (AvgIpc) is 2.44. The summed E-state index contributed by atoms with van der Waals surface area (Å²) >= 11 is 0. The minimum Gasteiger partial charge on any atom is -0.371 e. The maximum Gasteiger partial charge on any atom is 0.220 e. The summed E-state index contributed by atoms with van der Waals surface area (Å²) in [6, 6.07) is 10.2. The molecule has 2 atom stereocenters. The van der Waals surface area contributed by atoms with Crippen molar-refractivity contribution in [1.82, 2.24) is 4.90 Å². The summed E-state index contributed by atoms with van der Waals surface area (Å²) in [7, 11) is 0. The molecule has 0 radical (unpaired) electrons. The van der Waals surface area contributed by atoms with Gasteiger partial charge in [-0.1, -0.05) is 36.4 Å². The van der Waals surface area contributed by atoms with Crippen LogP contribution in [0, 0.1) is 5.92 Å². The Bertz CT molecular complexity index is 562. The first-order chi connectivity index (χ1) is 10.7. The molecule has 2 unspecified atom stereocenters. The van der Waals surface area contributed by atoms with E-state index in [1.54, 1.807) is 6.92 Å². The van der Waals surface area contributed by atoms with Crippen molar-refractivity contribution in [2.24, 2.45) is 5.92 Å². The van der Waals surface area contributed by atoms with Gasteiger partial charge in [-0.15, -0.1) is 6.58 Å². The largest absolute Gasteiger partial charge is 0.371 e. The van der Waals surface area contributed by atoms with Gasteiger partial charge in [-0.3, -0.25) is 4.79 Å². The van der Waals surface area contributed by atoms with Crippen molar-refractivity contribution in [3.05, 3.63) is 48.6 Å². The maximum absolute atomic E-state index is 12.3. The summed E-state index contributed by atoms with van der Waals surface area (Å²) in [5.74, 6) is 0.315. The molecule has 1 fully saturated rings. The molecule has 0 saturated carbocycles. The smallest absolute Gasteiger partial charge is 0.220 e. The van der Waals surface area contributed by atoms with Crippen LogP contribution in [0.3, 0.4) is 0 Å². The molecule has 23 heavy (non-hydrogen) atoms. The highest BCUT2D eigenvalue weighted by Gasteiger charge is 2.52. The van der Waals surface area contributed by atoms with E-state index in [1.807, 2.05) is 29.2 Å². The number of benzene rings is 1. The van der Waals surface area contributed by atoms with Crippen molar-refractivity contribution in [2.45, 2.75) is 64.8 Å². The number of ether oxygens (including phenoxy) is 1. The number of hydrogen-bond donors (Lipinski definition) is 0. The Hall–Kier alpha value is -1.61. The lowest BCUT2D eigenvalue weighted by Gasteiger charge is -2.58. The van der Waals surface area contributed by atoms with E-state index in [0.29, 0.717) is 6.61 Å². The van der Waals surface area contributed by atoms with Gasteiger partial charge in [0.05, 0.1) is 18.2 Å². The van der Waals surface area contributed by atoms with E-state index in [4.69, 9.17) is 4.74 Å². The van der Waals surface area contributed by atoms with Gasteiger partial charge in [-0.2, -0.15) is 0 Å². The van der Waals surface area contributed by atoms with E-state index in [0.717, 1.165) is 12.0 Å². The summed E-state index contributed by atoms with van der Waals surface area (Å²) < 4.78 is 6.30. The molecule has 1 amide bonds. The fourth-order valence-electron chi connectivity index (χ4n) is 4.33. The molecule has 0 bridgehead atoms. The van der Waals surface area contributed by atoms with Gasteiger partial charge in [-0.25, -0.2) is 0 Å². The van der Waals surface area contributed by atoms with Gasteiger partial charge < -0.3 is 9.64 Å². The number of nitrogens with zero attached hydrogens (tertiary/aromatic N) is 1. The third kappa shape index (κ3) is 3.50. The van der Waals surface area contributed by atoms with E-state index in [9.17, 15) is 4.79 Å². The number of hydrogen-bond acceptors (Lipinski definition) is 2. The third-order valence-electron chi connectivity index (χ3n) is 4.89. The molecule has 1 aliphatic heterocycles. The van der Waals surface area contributed by atoms with Gasteiger partial charge in [-0.05, 0) is 39.7 Å². The molecule has 3 heteroatoms. The van der Waals surface area contributed by atoms with E-state index in [-0.39, 0.29) is 29.0 Å². The monoisotopic (exact) mass is 315 g/mol. The Balaban J connectivity index is 2.27. The minimum absolute atomic E-state index is 0.0721. The molecule has 1 aliphatic rings. The minimum atomic E-state index is -0.388. The number of rotatable bonds is 4. The molecular weight excluding hydrogens is 286 g/mol. The molecular formula is C20H29NO2. The van der Waals surface area contributed by atoms with Crippen LogP contribution in [-0.4, -0.2) is 28.0 Å². The summed E-state index contributed by atoms with van der Waals surface area (Å²) in [5.41, 5.74) is 0.549. The van der Waals surface area contributed by atoms with Crippen LogP contribution in [0.2, 0.25) is 0 Å². The van der Waals surface area contributed by atoms with Gasteiger partial charge in [0, 0.05) is 18.4 Å². The Labute approximate surface area is 140 Å². The third-order valence-corrected chi connectivity index (χ3v) is 4.89. The zero-order valence-corrected chi connectivity index (χ0v) is 15.0. The van der Waals surface area contributed by atoms with Crippen LogP contribution < -0.4 is 0 Å². The normalized spacial score (nSPS) is 25.9. The lowest BCUT2D eigenvalue weighted by atomic mass is 9.71. The molecule has 1 aromatic carbocycles. The topological polar surface area (TPSA) is 29.5 Å². The Morgan fingerprint density at radius 3 is 2.43 bits per heavy atom. The molecule has 126 valence electrons. The number of carbonyl (C=O) groups is 1. The molecule has 1 saturated heterocycles. The molecule has 0 N–H and O–H groups in total. The predicted molar refractivity (Wildman–Crippen MR) is 94.0 cm³/mol. The van der Waals surface area contributed by atoms with Crippen LogP contribution in [0.25, 0.3) is 0 Å². The SMILES string of the molecule is C=CC1CC(C)(C)N(C(C)=O)C(C)(C)C1OCc1ccccc1. The summed E-state index contributed by atoms with van der Waals surface area (Å²) in [5, 5.41) is 0. The van der Waals surface area contributed by atoms with Crippen LogP contribution in [0.4, 0.5) is 0 Å².